The van der Waals surface area contributed by atoms with E-state index in [0.717, 1.165) is 49.5 Å². The van der Waals surface area contributed by atoms with E-state index in [-0.39, 0.29) is 0 Å². The van der Waals surface area contributed by atoms with Crippen molar-refractivity contribution in [3.05, 3.63) is 0 Å². The van der Waals surface area contributed by atoms with Crippen LogP contribution in [0.15, 0.2) is 0 Å². The SMILES string of the molecule is CCNC(CC1CCOC1)C1CC2CCC1C2. The lowest BCUT2D eigenvalue weighted by atomic mass is 9.79. The van der Waals surface area contributed by atoms with Gasteiger partial charge in [0.2, 0.25) is 0 Å². The van der Waals surface area contributed by atoms with E-state index in [1.165, 1.54) is 38.5 Å². The van der Waals surface area contributed by atoms with E-state index >= 15 is 0 Å². The smallest absolute Gasteiger partial charge is 0.0495 e. The molecule has 0 aromatic heterocycles. The first-order chi connectivity index (χ1) is 8.36. The molecule has 1 N–H and O–H groups in total. The van der Waals surface area contributed by atoms with Crippen molar-refractivity contribution >= 4 is 0 Å². The standard InChI is InChI=1S/C15H27NO/c1-2-16-15(9-12-5-6-17-10-12)14-8-11-3-4-13(14)7-11/h11-16H,2-10H2,1H3. The van der Waals surface area contributed by atoms with Gasteiger partial charge < -0.3 is 10.1 Å². The zero-order valence-electron chi connectivity index (χ0n) is 11.2. The molecule has 5 atom stereocenters. The molecular weight excluding hydrogens is 210 g/mol. The summed E-state index contributed by atoms with van der Waals surface area (Å²) in [6.45, 7) is 5.40. The van der Waals surface area contributed by atoms with Gasteiger partial charge in [0.05, 0.1) is 0 Å². The topological polar surface area (TPSA) is 21.3 Å². The fraction of sp³-hybridized carbons (Fsp3) is 1.00. The molecule has 2 bridgehead atoms. The Morgan fingerprint density at radius 3 is 2.76 bits per heavy atom. The van der Waals surface area contributed by atoms with E-state index in [1.807, 2.05) is 0 Å². The van der Waals surface area contributed by atoms with Crippen LogP contribution in [-0.2, 0) is 4.74 Å². The summed E-state index contributed by atoms with van der Waals surface area (Å²) < 4.78 is 5.53. The second-order valence-corrected chi connectivity index (χ2v) is 6.47. The van der Waals surface area contributed by atoms with Crippen molar-refractivity contribution in [3.8, 4) is 0 Å². The maximum absolute atomic E-state index is 5.53. The summed E-state index contributed by atoms with van der Waals surface area (Å²) >= 11 is 0. The van der Waals surface area contributed by atoms with E-state index in [1.54, 1.807) is 0 Å². The molecule has 0 spiro atoms. The Hall–Kier alpha value is -0.0800. The molecule has 0 radical (unpaired) electrons. The predicted octanol–water partition coefficient (Wildman–Crippen LogP) is 2.83. The van der Waals surface area contributed by atoms with Gasteiger partial charge in [0.25, 0.3) is 0 Å². The van der Waals surface area contributed by atoms with Gasteiger partial charge in [-0.2, -0.15) is 0 Å². The van der Waals surface area contributed by atoms with Crippen LogP contribution in [0.25, 0.3) is 0 Å². The Balaban J connectivity index is 1.59. The lowest BCUT2D eigenvalue weighted by Crippen LogP contribution is -2.40. The monoisotopic (exact) mass is 237 g/mol. The summed E-state index contributed by atoms with van der Waals surface area (Å²) in [7, 11) is 0. The van der Waals surface area contributed by atoms with Gasteiger partial charge in [0.1, 0.15) is 0 Å². The molecule has 5 unspecified atom stereocenters. The van der Waals surface area contributed by atoms with Crippen LogP contribution in [0.5, 0.6) is 0 Å². The van der Waals surface area contributed by atoms with E-state index in [9.17, 15) is 0 Å². The maximum atomic E-state index is 5.53. The predicted molar refractivity (Wildman–Crippen MR) is 69.9 cm³/mol. The summed E-state index contributed by atoms with van der Waals surface area (Å²) in [6, 6.07) is 0.780. The highest BCUT2D eigenvalue weighted by Crippen LogP contribution is 2.50. The van der Waals surface area contributed by atoms with Gasteiger partial charge in [-0.25, -0.2) is 0 Å². The van der Waals surface area contributed by atoms with Crippen LogP contribution < -0.4 is 5.32 Å². The molecule has 3 fully saturated rings. The molecule has 3 rings (SSSR count). The molecule has 2 nitrogen and oxygen atoms in total. The fourth-order valence-electron chi connectivity index (χ4n) is 4.59. The van der Waals surface area contributed by atoms with Crippen LogP contribution in [0.3, 0.4) is 0 Å². The number of rotatable bonds is 5. The number of fused-ring (bicyclic) bond motifs is 2. The average Bonchev–Trinajstić information content (AvgIpc) is 3.05. The highest BCUT2D eigenvalue weighted by atomic mass is 16.5. The largest absolute Gasteiger partial charge is 0.381 e. The highest BCUT2D eigenvalue weighted by Gasteiger charge is 2.43. The van der Waals surface area contributed by atoms with Crippen molar-refractivity contribution in [2.24, 2.45) is 23.7 Å². The van der Waals surface area contributed by atoms with E-state index in [4.69, 9.17) is 4.74 Å². The Morgan fingerprint density at radius 1 is 1.24 bits per heavy atom. The van der Waals surface area contributed by atoms with Crippen molar-refractivity contribution in [1.29, 1.82) is 0 Å². The van der Waals surface area contributed by atoms with Gasteiger partial charge in [-0.1, -0.05) is 13.3 Å². The Bertz CT molecular complexity index is 249. The molecule has 1 heterocycles. The molecule has 2 aliphatic carbocycles. The van der Waals surface area contributed by atoms with E-state index in [0.29, 0.717) is 0 Å². The van der Waals surface area contributed by atoms with Crippen molar-refractivity contribution < 1.29 is 4.74 Å². The third-order valence-electron chi connectivity index (χ3n) is 5.39. The second-order valence-electron chi connectivity index (χ2n) is 6.47. The van der Waals surface area contributed by atoms with E-state index in [2.05, 4.69) is 12.2 Å². The average molecular weight is 237 g/mol. The molecule has 2 heteroatoms. The third kappa shape index (κ3) is 2.53. The molecular formula is C15H27NO. The minimum Gasteiger partial charge on any atom is -0.381 e. The molecule has 3 aliphatic rings. The lowest BCUT2D eigenvalue weighted by Gasteiger charge is -2.32. The normalized spacial score (nSPS) is 42.2. The van der Waals surface area contributed by atoms with E-state index < -0.39 is 0 Å². The molecule has 2 saturated carbocycles. The van der Waals surface area contributed by atoms with Crippen LogP contribution in [0.1, 0.15) is 45.4 Å². The van der Waals surface area contributed by atoms with Gasteiger partial charge in [-0.05, 0) is 62.3 Å². The van der Waals surface area contributed by atoms with Crippen molar-refractivity contribution in [3.63, 3.8) is 0 Å². The van der Waals surface area contributed by atoms with Gasteiger partial charge in [0.15, 0.2) is 0 Å². The first-order valence-electron chi connectivity index (χ1n) is 7.68. The molecule has 0 amide bonds. The van der Waals surface area contributed by atoms with Crippen LogP contribution in [0.4, 0.5) is 0 Å². The third-order valence-corrected chi connectivity index (χ3v) is 5.39. The van der Waals surface area contributed by atoms with Crippen LogP contribution in [0.2, 0.25) is 0 Å². The van der Waals surface area contributed by atoms with Gasteiger partial charge in [-0.3, -0.25) is 0 Å². The number of nitrogens with one attached hydrogen (secondary N) is 1. The number of hydrogen-bond donors (Lipinski definition) is 1. The van der Waals surface area contributed by atoms with Crippen molar-refractivity contribution in [1.82, 2.24) is 5.32 Å². The second kappa shape index (κ2) is 5.27. The molecule has 98 valence electrons. The van der Waals surface area contributed by atoms with Crippen LogP contribution >= 0.6 is 0 Å². The molecule has 17 heavy (non-hydrogen) atoms. The number of hydrogen-bond acceptors (Lipinski definition) is 2. The summed E-state index contributed by atoms with van der Waals surface area (Å²) in [6.07, 6.45) is 8.74. The summed E-state index contributed by atoms with van der Waals surface area (Å²) in [5.41, 5.74) is 0. The maximum Gasteiger partial charge on any atom is 0.0495 e. The lowest BCUT2D eigenvalue weighted by molar-refractivity contribution is 0.170. The van der Waals surface area contributed by atoms with Crippen molar-refractivity contribution in [2.75, 3.05) is 19.8 Å². The van der Waals surface area contributed by atoms with Crippen LogP contribution in [0, 0.1) is 23.7 Å². The summed E-state index contributed by atoms with van der Waals surface area (Å²) in [4.78, 5) is 0. The Kier molecular flexibility index (Phi) is 3.72. The van der Waals surface area contributed by atoms with Crippen molar-refractivity contribution in [2.45, 2.75) is 51.5 Å². The summed E-state index contributed by atoms with van der Waals surface area (Å²) in [5, 5.41) is 3.78. The zero-order chi connectivity index (χ0) is 11.7. The molecule has 1 aliphatic heterocycles. The fourth-order valence-corrected chi connectivity index (χ4v) is 4.59. The van der Waals surface area contributed by atoms with Gasteiger partial charge in [0, 0.05) is 19.3 Å². The first kappa shape index (κ1) is 12.0. The first-order valence-corrected chi connectivity index (χ1v) is 7.68. The van der Waals surface area contributed by atoms with Crippen LogP contribution in [-0.4, -0.2) is 25.8 Å². The molecule has 0 aromatic carbocycles. The minimum atomic E-state index is 0.780. The molecule has 1 saturated heterocycles. The Morgan fingerprint density at radius 2 is 2.18 bits per heavy atom. The highest BCUT2D eigenvalue weighted by molar-refractivity contribution is 4.96. The quantitative estimate of drug-likeness (QED) is 0.794. The van der Waals surface area contributed by atoms with Gasteiger partial charge in [-0.15, -0.1) is 0 Å². The molecule has 0 aromatic rings. The summed E-state index contributed by atoms with van der Waals surface area (Å²) in [5.74, 6) is 3.94. The Labute approximate surface area is 105 Å². The number of ether oxygens (including phenoxy) is 1. The minimum absolute atomic E-state index is 0.780. The zero-order valence-corrected chi connectivity index (χ0v) is 11.2. The van der Waals surface area contributed by atoms with Gasteiger partial charge >= 0.3 is 0 Å².